The normalized spacial score (nSPS) is 18.2. The number of rotatable bonds is 6. The molecule has 1 aliphatic heterocycles. The Balaban J connectivity index is 1.75. The van der Waals surface area contributed by atoms with Crippen molar-refractivity contribution in [1.82, 2.24) is 5.32 Å². The fraction of sp³-hybridized carbons (Fsp3) is 0.333. The lowest BCUT2D eigenvalue weighted by atomic mass is 9.99. The number of nitrogens with zero attached hydrogens (tertiary/aromatic N) is 1. The van der Waals surface area contributed by atoms with Crippen LogP contribution in [0.2, 0.25) is 0 Å². The van der Waals surface area contributed by atoms with Gasteiger partial charge in [0.05, 0.1) is 18.6 Å². The summed E-state index contributed by atoms with van der Waals surface area (Å²) >= 11 is 1.44. The number of hydrogen-bond donors (Lipinski definition) is 1. The van der Waals surface area contributed by atoms with E-state index in [-0.39, 0.29) is 18.9 Å². The number of aryl methyl sites for hydroxylation is 1. The molecule has 30 heavy (non-hydrogen) atoms. The van der Waals surface area contributed by atoms with E-state index in [2.05, 4.69) is 4.74 Å². The van der Waals surface area contributed by atoms with Crippen LogP contribution in [0.1, 0.15) is 29.8 Å². The van der Waals surface area contributed by atoms with Crippen molar-refractivity contribution in [2.75, 3.05) is 18.1 Å². The van der Waals surface area contributed by atoms with E-state index in [9.17, 15) is 19.2 Å². The number of nitrogens with one attached hydrogen (secondary N) is 1. The molecule has 0 spiro atoms. The van der Waals surface area contributed by atoms with Crippen LogP contribution >= 0.6 is 11.3 Å². The van der Waals surface area contributed by atoms with Crippen LogP contribution in [0.15, 0.2) is 41.8 Å². The van der Waals surface area contributed by atoms with Gasteiger partial charge in [-0.25, -0.2) is 4.79 Å². The maximum Gasteiger partial charge on any atom is 0.413 e. The number of alkyl carbamates (subject to hydrolysis) is 1. The highest BCUT2D eigenvalue weighted by atomic mass is 32.1. The summed E-state index contributed by atoms with van der Waals surface area (Å²) < 4.78 is 9.72. The third-order valence-electron chi connectivity index (χ3n) is 4.63. The van der Waals surface area contributed by atoms with Gasteiger partial charge in [-0.15, -0.1) is 11.3 Å². The van der Waals surface area contributed by atoms with E-state index in [4.69, 9.17) is 4.74 Å². The Morgan fingerprint density at radius 1 is 1.17 bits per heavy atom. The second-order valence-corrected chi connectivity index (χ2v) is 7.73. The molecule has 3 rings (SSSR count). The second kappa shape index (κ2) is 9.53. The molecule has 0 radical (unpaired) electrons. The van der Waals surface area contributed by atoms with Crippen molar-refractivity contribution >= 4 is 40.9 Å². The molecule has 2 aromatic rings. The molecule has 3 amide bonds. The standard InChI is InChI=1S/C21H22N2O6S/c1-3-28-21(27)22-17(24)12-29-20(26)15-11-18(25)23(14-8-6-13(2)7-9-14)19(15)16-5-4-10-30-16/h4-10,15,19H,3,11-12H2,1-2H3,(H,22,24,27). The van der Waals surface area contributed by atoms with Crippen molar-refractivity contribution in [2.45, 2.75) is 26.3 Å². The lowest BCUT2D eigenvalue weighted by Gasteiger charge is -2.27. The summed E-state index contributed by atoms with van der Waals surface area (Å²) in [6.07, 6.45) is -0.939. The van der Waals surface area contributed by atoms with Crippen molar-refractivity contribution in [3.8, 4) is 0 Å². The highest BCUT2D eigenvalue weighted by Crippen LogP contribution is 2.43. The number of esters is 1. The third-order valence-corrected chi connectivity index (χ3v) is 5.58. The van der Waals surface area contributed by atoms with Crippen molar-refractivity contribution in [1.29, 1.82) is 0 Å². The van der Waals surface area contributed by atoms with Crippen LogP contribution in [0.5, 0.6) is 0 Å². The second-order valence-electron chi connectivity index (χ2n) is 6.75. The lowest BCUT2D eigenvalue weighted by Crippen LogP contribution is -2.36. The van der Waals surface area contributed by atoms with E-state index < -0.39 is 36.5 Å². The molecule has 158 valence electrons. The topological polar surface area (TPSA) is 102 Å². The molecule has 0 aliphatic carbocycles. The monoisotopic (exact) mass is 430 g/mol. The SMILES string of the molecule is CCOC(=O)NC(=O)COC(=O)C1CC(=O)N(c2ccc(C)cc2)C1c1cccs1. The number of anilines is 1. The Bertz CT molecular complexity index is 925. The van der Waals surface area contributed by atoms with Gasteiger partial charge in [0.1, 0.15) is 0 Å². The predicted molar refractivity (Wildman–Crippen MR) is 110 cm³/mol. The van der Waals surface area contributed by atoms with Crippen LogP contribution in [0.3, 0.4) is 0 Å². The Kier molecular flexibility index (Phi) is 6.83. The van der Waals surface area contributed by atoms with Crippen molar-refractivity contribution < 1.29 is 28.7 Å². The van der Waals surface area contributed by atoms with Gasteiger partial charge in [0, 0.05) is 17.0 Å². The summed E-state index contributed by atoms with van der Waals surface area (Å²) in [6.45, 7) is 3.03. The van der Waals surface area contributed by atoms with Gasteiger partial charge in [-0.3, -0.25) is 19.7 Å². The van der Waals surface area contributed by atoms with E-state index in [1.807, 2.05) is 54.0 Å². The van der Waals surface area contributed by atoms with Crippen LogP contribution in [0.4, 0.5) is 10.5 Å². The number of thiophene rings is 1. The fourth-order valence-corrected chi connectivity index (χ4v) is 4.18. The summed E-state index contributed by atoms with van der Waals surface area (Å²) in [5, 5.41) is 3.84. The molecule has 0 bridgehead atoms. The van der Waals surface area contributed by atoms with Gasteiger partial charge in [-0.05, 0) is 37.4 Å². The van der Waals surface area contributed by atoms with Gasteiger partial charge >= 0.3 is 12.1 Å². The zero-order chi connectivity index (χ0) is 21.7. The highest BCUT2D eigenvalue weighted by Gasteiger charge is 2.46. The zero-order valence-corrected chi connectivity index (χ0v) is 17.4. The molecule has 2 atom stereocenters. The summed E-state index contributed by atoms with van der Waals surface area (Å²) in [6, 6.07) is 10.7. The maximum absolute atomic E-state index is 12.8. The zero-order valence-electron chi connectivity index (χ0n) is 16.6. The van der Waals surface area contributed by atoms with E-state index in [0.717, 1.165) is 10.4 Å². The van der Waals surface area contributed by atoms with Gasteiger partial charge in [-0.2, -0.15) is 0 Å². The van der Waals surface area contributed by atoms with Gasteiger partial charge in [0.25, 0.3) is 5.91 Å². The van der Waals surface area contributed by atoms with Crippen LogP contribution in [-0.4, -0.2) is 37.1 Å². The average molecular weight is 430 g/mol. The number of ether oxygens (including phenoxy) is 2. The largest absolute Gasteiger partial charge is 0.455 e. The molecule has 1 aromatic heterocycles. The Morgan fingerprint density at radius 3 is 2.53 bits per heavy atom. The molecule has 1 N–H and O–H groups in total. The summed E-state index contributed by atoms with van der Waals surface area (Å²) in [5.41, 5.74) is 1.75. The molecule has 9 heteroatoms. The van der Waals surface area contributed by atoms with E-state index in [1.54, 1.807) is 11.8 Å². The quantitative estimate of drug-likeness (QED) is 0.707. The number of imide groups is 1. The predicted octanol–water partition coefficient (Wildman–Crippen LogP) is 2.97. The number of carbonyl (C=O) groups excluding carboxylic acids is 4. The Morgan fingerprint density at radius 2 is 1.90 bits per heavy atom. The molecular formula is C21H22N2O6S. The van der Waals surface area contributed by atoms with Gasteiger partial charge in [0.15, 0.2) is 6.61 Å². The minimum Gasteiger partial charge on any atom is -0.455 e. The molecule has 1 aliphatic rings. The van der Waals surface area contributed by atoms with E-state index in [1.165, 1.54) is 11.3 Å². The molecule has 2 unspecified atom stereocenters. The molecule has 1 aromatic carbocycles. The molecule has 8 nitrogen and oxygen atoms in total. The van der Waals surface area contributed by atoms with Crippen molar-refractivity contribution in [3.05, 3.63) is 52.2 Å². The summed E-state index contributed by atoms with van der Waals surface area (Å²) in [5.74, 6) is -2.44. The smallest absolute Gasteiger partial charge is 0.413 e. The average Bonchev–Trinajstić information content (AvgIpc) is 3.34. The molecular weight excluding hydrogens is 408 g/mol. The minimum absolute atomic E-state index is 0.0330. The highest BCUT2D eigenvalue weighted by molar-refractivity contribution is 7.10. The van der Waals surface area contributed by atoms with Crippen LogP contribution in [0, 0.1) is 12.8 Å². The molecule has 1 saturated heterocycles. The summed E-state index contributed by atoms with van der Waals surface area (Å²) in [4.78, 5) is 51.1. The number of hydrogen-bond acceptors (Lipinski definition) is 7. The summed E-state index contributed by atoms with van der Waals surface area (Å²) in [7, 11) is 0. The van der Waals surface area contributed by atoms with Crippen molar-refractivity contribution in [3.63, 3.8) is 0 Å². The maximum atomic E-state index is 12.8. The van der Waals surface area contributed by atoms with Crippen LogP contribution in [0.25, 0.3) is 0 Å². The number of amides is 3. The first-order valence-electron chi connectivity index (χ1n) is 9.46. The Hall–Kier alpha value is -3.20. The third kappa shape index (κ3) is 4.85. The fourth-order valence-electron chi connectivity index (χ4n) is 3.30. The number of carbonyl (C=O) groups is 4. The van der Waals surface area contributed by atoms with Gasteiger partial charge in [-0.1, -0.05) is 23.8 Å². The van der Waals surface area contributed by atoms with Crippen LogP contribution in [-0.2, 0) is 23.9 Å². The van der Waals surface area contributed by atoms with E-state index in [0.29, 0.717) is 5.69 Å². The first kappa shape index (κ1) is 21.5. The lowest BCUT2D eigenvalue weighted by molar-refractivity contribution is -0.153. The minimum atomic E-state index is -0.906. The Labute approximate surface area is 177 Å². The van der Waals surface area contributed by atoms with Gasteiger partial charge in [0.2, 0.25) is 5.91 Å². The van der Waals surface area contributed by atoms with Crippen LogP contribution < -0.4 is 10.2 Å². The first-order chi connectivity index (χ1) is 14.4. The first-order valence-corrected chi connectivity index (χ1v) is 10.3. The van der Waals surface area contributed by atoms with E-state index >= 15 is 0 Å². The van der Waals surface area contributed by atoms with Crippen molar-refractivity contribution in [2.24, 2.45) is 5.92 Å². The molecule has 0 saturated carbocycles. The molecule has 1 fully saturated rings. The van der Waals surface area contributed by atoms with Gasteiger partial charge < -0.3 is 14.4 Å². The number of benzene rings is 1. The molecule has 2 heterocycles.